The van der Waals surface area contributed by atoms with E-state index < -0.39 is 0 Å². The topological polar surface area (TPSA) is 59.0 Å². The van der Waals surface area contributed by atoms with Gasteiger partial charge in [-0.25, -0.2) is 0 Å². The summed E-state index contributed by atoms with van der Waals surface area (Å²) in [6, 6.07) is 105. The van der Waals surface area contributed by atoms with Gasteiger partial charge in [0.2, 0.25) is 0 Å². The fourth-order valence-electron chi connectivity index (χ4n) is 14.5. The third kappa shape index (κ3) is 9.09. The number of rotatable bonds is 11. The van der Waals surface area contributed by atoms with Crippen molar-refractivity contribution in [2.75, 3.05) is 9.80 Å². The van der Waals surface area contributed by atoms with E-state index >= 15 is 0 Å². The molecular weight excluding hydrogens is 1150 g/mol. The second kappa shape index (κ2) is 21.8. The molecule has 4 aromatic heterocycles. The van der Waals surface area contributed by atoms with E-state index in [1.165, 1.54) is 0 Å². The van der Waals surface area contributed by atoms with Crippen LogP contribution in [0.4, 0.5) is 34.1 Å². The molecule has 4 heterocycles. The van der Waals surface area contributed by atoms with Gasteiger partial charge in [-0.3, -0.25) is 0 Å². The molecule has 6 heteroatoms. The van der Waals surface area contributed by atoms with Crippen LogP contribution in [-0.4, -0.2) is 0 Å². The molecule has 0 saturated heterocycles. The predicted molar refractivity (Wildman–Crippen MR) is 391 cm³/mol. The Kier molecular flexibility index (Phi) is 12.7. The largest absolute Gasteiger partial charge is 0.456 e. The first-order valence-electron chi connectivity index (χ1n) is 32.1. The minimum absolute atomic E-state index is 0.872. The van der Waals surface area contributed by atoms with Crippen molar-refractivity contribution in [2.45, 2.75) is 27.7 Å². The van der Waals surface area contributed by atoms with Crippen molar-refractivity contribution in [2.24, 2.45) is 0 Å². The standard InChI is InChI=1S/C88H60N2O4/c1-53-15-13-21-67(63-35-45-85-75(51-63)71-19-7-11-25-81(71)93-85)87(53)89(65-37-27-57(28-38-65)61-33-43-83-73(49-61)69-17-5-9-23-79(69)91-83)77-41-31-59(47-55(77)3)60-32-42-78(56(4)48-60)90(66-39-29-58(30-40-66)62-34-44-84-74(50-62)70-18-6-10-24-80(70)92-84)88-54(2)16-14-22-68(88)64-36-46-86-76(52-64)72-20-8-12-26-82(72)94-86/h5-52H,1-4H3. The molecule has 18 aromatic rings. The van der Waals surface area contributed by atoms with Gasteiger partial charge in [0, 0.05) is 77.0 Å². The molecule has 18 rings (SSSR count). The van der Waals surface area contributed by atoms with E-state index in [0.29, 0.717) is 0 Å². The van der Waals surface area contributed by atoms with Gasteiger partial charge in [-0.15, -0.1) is 0 Å². The fourth-order valence-corrected chi connectivity index (χ4v) is 14.5. The molecule has 0 aliphatic heterocycles. The van der Waals surface area contributed by atoms with Gasteiger partial charge in [0.25, 0.3) is 0 Å². The molecule has 0 aliphatic rings. The minimum Gasteiger partial charge on any atom is -0.456 e. The van der Waals surface area contributed by atoms with Crippen LogP contribution in [-0.2, 0) is 0 Å². The van der Waals surface area contributed by atoms with Crippen LogP contribution in [0.25, 0.3) is 143 Å². The summed E-state index contributed by atoms with van der Waals surface area (Å²) in [6.45, 7) is 8.95. The van der Waals surface area contributed by atoms with Crippen LogP contribution in [0.1, 0.15) is 22.3 Å². The van der Waals surface area contributed by atoms with Gasteiger partial charge in [-0.05, 0) is 216 Å². The lowest BCUT2D eigenvalue weighted by molar-refractivity contribution is 0.668. The second-order valence-corrected chi connectivity index (χ2v) is 24.9. The molecule has 0 spiro atoms. The lowest BCUT2D eigenvalue weighted by Crippen LogP contribution is -2.14. The smallest absolute Gasteiger partial charge is 0.135 e. The first kappa shape index (κ1) is 54.8. The van der Waals surface area contributed by atoms with E-state index in [-0.39, 0.29) is 0 Å². The maximum absolute atomic E-state index is 6.36. The summed E-state index contributed by atoms with van der Waals surface area (Å²) >= 11 is 0. The average Bonchev–Trinajstić information content (AvgIpc) is 0.903. The van der Waals surface area contributed by atoms with Crippen molar-refractivity contribution in [1.82, 2.24) is 0 Å². The summed E-state index contributed by atoms with van der Waals surface area (Å²) in [5, 5.41) is 8.84. The Morgan fingerprint density at radius 2 is 0.479 bits per heavy atom. The fraction of sp³-hybridized carbons (Fsp3) is 0.0455. The number of furan rings is 4. The molecule has 446 valence electrons. The lowest BCUT2D eigenvalue weighted by atomic mass is 9.94. The Morgan fingerprint density at radius 3 is 0.819 bits per heavy atom. The van der Waals surface area contributed by atoms with Crippen molar-refractivity contribution < 1.29 is 17.7 Å². The Balaban J connectivity index is 0.750. The number of hydrogen-bond acceptors (Lipinski definition) is 6. The van der Waals surface area contributed by atoms with Crippen molar-refractivity contribution in [1.29, 1.82) is 0 Å². The monoisotopic (exact) mass is 1210 g/mol. The highest BCUT2D eigenvalue weighted by molar-refractivity contribution is 6.10. The highest BCUT2D eigenvalue weighted by Crippen LogP contribution is 2.49. The van der Waals surface area contributed by atoms with Gasteiger partial charge in [0.15, 0.2) is 0 Å². The van der Waals surface area contributed by atoms with Gasteiger partial charge in [0.05, 0.1) is 11.4 Å². The molecule has 14 aromatic carbocycles. The molecule has 6 nitrogen and oxygen atoms in total. The number of benzene rings is 14. The molecule has 0 N–H and O–H groups in total. The zero-order valence-corrected chi connectivity index (χ0v) is 52.2. The van der Waals surface area contributed by atoms with Crippen LogP contribution in [0.5, 0.6) is 0 Å². The van der Waals surface area contributed by atoms with Gasteiger partial charge in [-0.1, -0.05) is 170 Å². The molecule has 0 bridgehead atoms. The summed E-state index contributed by atoms with van der Waals surface area (Å²) in [5.74, 6) is 0. The average molecular weight is 1210 g/mol. The van der Waals surface area contributed by atoms with E-state index in [1.54, 1.807) is 0 Å². The molecular formula is C88H60N2O4. The van der Waals surface area contributed by atoms with Gasteiger partial charge in [-0.2, -0.15) is 0 Å². The second-order valence-electron chi connectivity index (χ2n) is 24.9. The zero-order valence-electron chi connectivity index (χ0n) is 52.2. The number of hydrogen-bond donors (Lipinski definition) is 0. The van der Waals surface area contributed by atoms with E-state index in [0.717, 1.165) is 200 Å². The van der Waals surface area contributed by atoms with E-state index in [1.807, 2.05) is 48.5 Å². The van der Waals surface area contributed by atoms with Crippen molar-refractivity contribution >= 4 is 122 Å². The Morgan fingerprint density at radius 1 is 0.202 bits per heavy atom. The number of fused-ring (bicyclic) bond motifs is 12. The summed E-state index contributed by atoms with van der Waals surface area (Å²) in [5.41, 5.74) is 29.4. The third-order valence-corrected chi connectivity index (χ3v) is 19.2. The van der Waals surface area contributed by atoms with Crippen molar-refractivity contribution in [3.8, 4) is 55.6 Å². The van der Waals surface area contributed by atoms with Gasteiger partial charge < -0.3 is 27.5 Å². The Bertz CT molecular complexity index is 5680. The zero-order chi connectivity index (χ0) is 62.7. The molecule has 94 heavy (non-hydrogen) atoms. The van der Waals surface area contributed by atoms with Crippen LogP contribution >= 0.6 is 0 Å². The van der Waals surface area contributed by atoms with Crippen LogP contribution in [0, 0.1) is 27.7 Å². The first-order chi connectivity index (χ1) is 46.2. The highest BCUT2D eigenvalue weighted by Gasteiger charge is 2.26. The number of anilines is 6. The van der Waals surface area contributed by atoms with E-state index in [2.05, 4.69) is 280 Å². The molecule has 0 amide bonds. The Hall–Kier alpha value is -12.1. The molecule has 0 unspecified atom stereocenters. The summed E-state index contributed by atoms with van der Waals surface area (Å²) in [6.07, 6.45) is 0. The summed E-state index contributed by atoms with van der Waals surface area (Å²) < 4.78 is 25.2. The van der Waals surface area contributed by atoms with Gasteiger partial charge in [0.1, 0.15) is 44.7 Å². The number of para-hydroxylation sites is 6. The minimum atomic E-state index is 0.872. The molecule has 0 aliphatic carbocycles. The maximum atomic E-state index is 6.36. The Labute approximate surface area is 543 Å². The molecule has 0 fully saturated rings. The van der Waals surface area contributed by atoms with Crippen LogP contribution in [0.3, 0.4) is 0 Å². The van der Waals surface area contributed by atoms with Crippen molar-refractivity contribution in [3.05, 3.63) is 313 Å². The SMILES string of the molecule is Cc1cc(-c2ccc(N(c3ccc(-c4ccc5oc6ccccc6c5c4)cc3)c3c(C)cccc3-c3ccc4oc5ccccc5c4c3)c(C)c2)ccc1N(c1ccc(-c2ccc3oc4ccccc4c3c2)cc1)c1c(C)cccc1-c1ccc2oc3ccccc3c2c1. The maximum Gasteiger partial charge on any atom is 0.135 e. The number of nitrogens with zero attached hydrogens (tertiary/aromatic N) is 2. The van der Waals surface area contributed by atoms with E-state index in [9.17, 15) is 0 Å². The quantitative estimate of drug-likeness (QED) is 0.129. The number of aryl methyl sites for hydroxylation is 4. The van der Waals surface area contributed by atoms with Gasteiger partial charge >= 0.3 is 0 Å². The van der Waals surface area contributed by atoms with Crippen LogP contribution in [0.2, 0.25) is 0 Å². The van der Waals surface area contributed by atoms with E-state index in [4.69, 9.17) is 17.7 Å². The predicted octanol–water partition coefficient (Wildman–Crippen LogP) is 25.8. The highest BCUT2D eigenvalue weighted by atomic mass is 16.3. The normalized spacial score (nSPS) is 11.8. The molecule has 0 saturated carbocycles. The summed E-state index contributed by atoms with van der Waals surface area (Å²) in [7, 11) is 0. The first-order valence-corrected chi connectivity index (χ1v) is 32.1. The third-order valence-electron chi connectivity index (χ3n) is 19.2. The van der Waals surface area contributed by atoms with Crippen LogP contribution in [0.15, 0.2) is 309 Å². The van der Waals surface area contributed by atoms with Crippen LogP contribution < -0.4 is 9.80 Å². The lowest BCUT2D eigenvalue weighted by Gasteiger charge is -2.31. The van der Waals surface area contributed by atoms with Crippen molar-refractivity contribution in [3.63, 3.8) is 0 Å². The summed E-state index contributed by atoms with van der Waals surface area (Å²) in [4.78, 5) is 4.92. The molecule has 0 radical (unpaired) electrons. The molecule has 0 atom stereocenters.